The van der Waals surface area contributed by atoms with Crippen molar-refractivity contribution < 1.29 is 24.2 Å². The molecule has 1 heterocycles. The summed E-state index contributed by atoms with van der Waals surface area (Å²) in [6.07, 6.45) is 7.55. The predicted octanol–water partition coefficient (Wildman–Crippen LogP) is 4.51. The molecule has 0 unspecified atom stereocenters. The molecule has 152 valence electrons. The van der Waals surface area contributed by atoms with E-state index in [-0.39, 0.29) is 29.8 Å². The highest BCUT2D eigenvalue weighted by Crippen LogP contribution is 2.39. The van der Waals surface area contributed by atoms with Crippen molar-refractivity contribution in [3.8, 4) is 0 Å². The zero-order valence-corrected chi connectivity index (χ0v) is 18.3. The van der Waals surface area contributed by atoms with E-state index >= 15 is 0 Å². The number of aliphatic hydroxyl groups is 1. The Kier molecular flexibility index (Phi) is 8.99. The molecule has 0 aromatic heterocycles. The third-order valence-electron chi connectivity index (χ3n) is 5.47. The fraction of sp³-hybridized carbons (Fsp3) is 0.850. The van der Waals surface area contributed by atoms with Gasteiger partial charge in [0.05, 0.1) is 30.8 Å². The summed E-state index contributed by atoms with van der Waals surface area (Å²) in [6, 6.07) is 0. The van der Waals surface area contributed by atoms with Crippen LogP contribution in [0.3, 0.4) is 0 Å². The number of ether oxygens (including phenoxy) is 1. The van der Waals surface area contributed by atoms with E-state index in [9.17, 15) is 15.0 Å². The molecule has 0 aliphatic carbocycles. The number of hydrogen-bond donors (Lipinski definition) is 2. The molecule has 0 radical (unpaired) electrons. The second-order valence-electron chi connectivity index (χ2n) is 9.01. The van der Waals surface area contributed by atoms with Crippen LogP contribution in [0.2, 0.25) is 18.1 Å². The largest absolute Gasteiger partial charge is 0.481 e. The quantitative estimate of drug-likeness (QED) is 0.346. The molecule has 5 nitrogen and oxygen atoms in total. The van der Waals surface area contributed by atoms with Gasteiger partial charge in [0.25, 0.3) is 0 Å². The summed E-state index contributed by atoms with van der Waals surface area (Å²) in [5.41, 5.74) is 0. The Morgan fingerprint density at radius 1 is 1.35 bits per heavy atom. The highest BCUT2D eigenvalue weighted by Gasteiger charge is 2.42. The first-order chi connectivity index (χ1) is 11.9. The fourth-order valence-electron chi connectivity index (χ4n) is 2.86. The van der Waals surface area contributed by atoms with Crippen LogP contribution >= 0.6 is 0 Å². The summed E-state index contributed by atoms with van der Waals surface area (Å²) < 4.78 is 12.5. The van der Waals surface area contributed by atoms with E-state index in [1.54, 1.807) is 6.92 Å². The molecule has 1 aliphatic heterocycles. The molecular formula is C20H38O5Si. The van der Waals surface area contributed by atoms with Gasteiger partial charge in [-0.1, -0.05) is 32.9 Å². The summed E-state index contributed by atoms with van der Waals surface area (Å²) in [4.78, 5) is 11.3. The number of allylic oxidation sites excluding steroid dienone is 1. The summed E-state index contributed by atoms with van der Waals surface area (Å²) in [5, 5.41) is 18.6. The number of rotatable bonds is 9. The van der Waals surface area contributed by atoms with Crippen molar-refractivity contribution in [1.82, 2.24) is 0 Å². The molecule has 0 aromatic carbocycles. The van der Waals surface area contributed by atoms with Crippen molar-refractivity contribution in [2.45, 2.75) is 109 Å². The Morgan fingerprint density at radius 2 is 2.00 bits per heavy atom. The normalized spacial score (nSPS) is 26.2. The minimum atomic E-state index is -1.97. The standard InChI is InChI=1S/C20H38O5Si/c1-15(21)10-8-7-9-11-16-12-13-17(18(24-16)14-19(22)23)25-26(5,6)20(2,3)4/h9,11,15-18,21H,7-8,10,12-14H2,1-6H3,(H,22,23)/b11-9+/t15-,16-,17+,18+/m0/s1. The van der Waals surface area contributed by atoms with Gasteiger partial charge in [-0.2, -0.15) is 0 Å². The summed E-state index contributed by atoms with van der Waals surface area (Å²) in [6.45, 7) is 12.8. The molecule has 0 saturated carbocycles. The molecule has 1 aliphatic rings. The number of unbranched alkanes of at least 4 members (excludes halogenated alkanes) is 1. The summed E-state index contributed by atoms with van der Waals surface area (Å²) in [5.74, 6) is -0.847. The van der Waals surface area contributed by atoms with Gasteiger partial charge < -0.3 is 19.4 Å². The second kappa shape index (κ2) is 10.0. The topological polar surface area (TPSA) is 76.0 Å². The lowest BCUT2D eigenvalue weighted by atomic mass is 9.98. The van der Waals surface area contributed by atoms with E-state index in [1.807, 2.05) is 6.08 Å². The first-order valence-electron chi connectivity index (χ1n) is 9.82. The van der Waals surface area contributed by atoms with Gasteiger partial charge in [0.15, 0.2) is 8.32 Å². The zero-order chi connectivity index (χ0) is 20.0. The number of carbonyl (C=O) groups is 1. The third-order valence-corrected chi connectivity index (χ3v) is 9.98. The van der Waals surface area contributed by atoms with Crippen LogP contribution in [-0.4, -0.2) is 48.9 Å². The first kappa shape index (κ1) is 23.3. The van der Waals surface area contributed by atoms with E-state index < -0.39 is 20.4 Å². The van der Waals surface area contributed by atoms with Crippen LogP contribution in [0.4, 0.5) is 0 Å². The average molecular weight is 387 g/mol. The van der Waals surface area contributed by atoms with E-state index in [1.165, 1.54) is 0 Å². The van der Waals surface area contributed by atoms with Gasteiger partial charge in [0, 0.05) is 0 Å². The molecule has 1 fully saturated rings. The molecule has 4 atom stereocenters. The highest BCUT2D eigenvalue weighted by atomic mass is 28.4. The number of carboxylic acid groups (broad SMARTS) is 1. The van der Waals surface area contributed by atoms with Crippen LogP contribution in [0.25, 0.3) is 0 Å². The van der Waals surface area contributed by atoms with Crippen molar-refractivity contribution in [2.24, 2.45) is 0 Å². The Balaban J connectivity index is 2.65. The number of aliphatic carboxylic acids is 1. The number of aliphatic hydroxyl groups excluding tert-OH is 1. The molecule has 1 rings (SSSR count). The molecular weight excluding hydrogens is 348 g/mol. The van der Waals surface area contributed by atoms with Gasteiger partial charge in [-0.25, -0.2) is 0 Å². The summed E-state index contributed by atoms with van der Waals surface area (Å²) >= 11 is 0. The van der Waals surface area contributed by atoms with Gasteiger partial charge >= 0.3 is 5.97 Å². The lowest BCUT2D eigenvalue weighted by Gasteiger charge is -2.43. The van der Waals surface area contributed by atoms with E-state index in [0.29, 0.717) is 0 Å². The average Bonchev–Trinajstić information content (AvgIpc) is 2.47. The van der Waals surface area contributed by atoms with Crippen molar-refractivity contribution >= 4 is 14.3 Å². The van der Waals surface area contributed by atoms with Gasteiger partial charge in [-0.05, 0) is 57.2 Å². The lowest BCUT2D eigenvalue weighted by Crippen LogP contribution is -2.50. The monoisotopic (exact) mass is 386 g/mol. The number of hydrogen-bond acceptors (Lipinski definition) is 4. The van der Waals surface area contributed by atoms with E-state index in [2.05, 4.69) is 39.9 Å². The fourth-order valence-corrected chi connectivity index (χ4v) is 4.24. The smallest absolute Gasteiger partial charge is 0.306 e. The minimum absolute atomic E-state index is 0.0222. The zero-order valence-electron chi connectivity index (χ0n) is 17.3. The second-order valence-corrected chi connectivity index (χ2v) is 13.8. The maximum Gasteiger partial charge on any atom is 0.306 e. The van der Waals surface area contributed by atoms with Crippen LogP contribution in [0.15, 0.2) is 12.2 Å². The Bertz CT molecular complexity index is 467. The molecule has 1 saturated heterocycles. The van der Waals surface area contributed by atoms with Crippen LogP contribution in [-0.2, 0) is 14.0 Å². The van der Waals surface area contributed by atoms with Crippen molar-refractivity contribution in [3.63, 3.8) is 0 Å². The maximum atomic E-state index is 11.3. The van der Waals surface area contributed by atoms with Crippen molar-refractivity contribution in [1.29, 1.82) is 0 Å². The predicted molar refractivity (Wildman–Crippen MR) is 107 cm³/mol. The van der Waals surface area contributed by atoms with Gasteiger partial charge in [-0.3, -0.25) is 4.79 Å². The Hall–Kier alpha value is -0.693. The molecule has 6 heteroatoms. The summed E-state index contributed by atoms with van der Waals surface area (Å²) in [7, 11) is -1.97. The third kappa shape index (κ3) is 7.90. The molecule has 0 spiro atoms. The molecule has 0 bridgehead atoms. The molecule has 2 N–H and O–H groups in total. The minimum Gasteiger partial charge on any atom is -0.481 e. The Morgan fingerprint density at radius 3 is 2.54 bits per heavy atom. The van der Waals surface area contributed by atoms with E-state index in [4.69, 9.17) is 9.16 Å². The van der Waals surface area contributed by atoms with Crippen LogP contribution in [0, 0.1) is 0 Å². The SMILES string of the molecule is C[C@H](O)CCC/C=C/[C@H]1CC[C@@H](O[Si](C)(C)C(C)(C)C)[C@@H](CC(=O)O)O1. The number of carboxylic acids is 1. The van der Waals surface area contributed by atoms with Crippen LogP contribution < -0.4 is 0 Å². The van der Waals surface area contributed by atoms with Gasteiger partial charge in [-0.15, -0.1) is 0 Å². The van der Waals surface area contributed by atoms with Crippen LogP contribution in [0.5, 0.6) is 0 Å². The Labute approximate surface area is 159 Å². The van der Waals surface area contributed by atoms with Crippen LogP contribution in [0.1, 0.15) is 66.2 Å². The lowest BCUT2D eigenvalue weighted by molar-refractivity contribution is -0.148. The highest BCUT2D eigenvalue weighted by molar-refractivity contribution is 6.74. The van der Waals surface area contributed by atoms with E-state index in [0.717, 1.165) is 32.1 Å². The van der Waals surface area contributed by atoms with Gasteiger partial charge in [0.1, 0.15) is 0 Å². The molecule has 0 aromatic rings. The van der Waals surface area contributed by atoms with Crippen molar-refractivity contribution in [2.75, 3.05) is 0 Å². The van der Waals surface area contributed by atoms with Gasteiger partial charge in [0.2, 0.25) is 0 Å². The first-order valence-corrected chi connectivity index (χ1v) is 12.7. The maximum absolute atomic E-state index is 11.3. The molecule has 26 heavy (non-hydrogen) atoms. The van der Waals surface area contributed by atoms with Crippen molar-refractivity contribution in [3.05, 3.63) is 12.2 Å². The molecule has 0 amide bonds.